The predicted molar refractivity (Wildman–Crippen MR) is 80.0 cm³/mol. The van der Waals surface area contributed by atoms with E-state index in [0.29, 0.717) is 16.1 Å². The van der Waals surface area contributed by atoms with Gasteiger partial charge in [-0.25, -0.2) is 4.98 Å². The second kappa shape index (κ2) is 5.22. The maximum atomic E-state index is 5.64. The van der Waals surface area contributed by atoms with E-state index in [2.05, 4.69) is 23.7 Å². The summed E-state index contributed by atoms with van der Waals surface area (Å²) in [5.74, 6) is 0.998. The van der Waals surface area contributed by atoms with Crippen LogP contribution in [-0.4, -0.2) is 23.1 Å². The van der Waals surface area contributed by atoms with Gasteiger partial charge in [0.15, 0.2) is 0 Å². The molecule has 0 aromatic carbocycles. The molecule has 1 saturated heterocycles. The molecule has 2 rings (SSSR count). The van der Waals surface area contributed by atoms with Crippen LogP contribution in [0.3, 0.4) is 0 Å². The van der Waals surface area contributed by atoms with Crippen molar-refractivity contribution in [2.45, 2.75) is 33.1 Å². The van der Waals surface area contributed by atoms with E-state index in [1.807, 2.05) is 18.2 Å². The van der Waals surface area contributed by atoms with Gasteiger partial charge in [-0.15, -0.1) is 0 Å². The molecule has 1 aromatic rings. The zero-order valence-electron chi connectivity index (χ0n) is 11.1. The van der Waals surface area contributed by atoms with Crippen LogP contribution in [0.15, 0.2) is 18.2 Å². The number of rotatable bonds is 2. The number of aromatic nitrogens is 1. The highest BCUT2D eigenvalue weighted by molar-refractivity contribution is 7.80. The van der Waals surface area contributed by atoms with Crippen molar-refractivity contribution in [1.82, 2.24) is 4.98 Å². The molecule has 2 N–H and O–H groups in total. The fourth-order valence-electron chi connectivity index (χ4n) is 2.39. The normalized spacial score (nSPS) is 19.3. The summed E-state index contributed by atoms with van der Waals surface area (Å²) in [7, 11) is 0. The van der Waals surface area contributed by atoms with Crippen molar-refractivity contribution in [2.75, 3.05) is 18.0 Å². The Kier molecular flexibility index (Phi) is 3.85. The molecule has 18 heavy (non-hydrogen) atoms. The van der Waals surface area contributed by atoms with E-state index < -0.39 is 0 Å². The van der Waals surface area contributed by atoms with Crippen molar-refractivity contribution >= 4 is 23.0 Å². The minimum atomic E-state index is 0.368. The van der Waals surface area contributed by atoms with E-state index >= 15 is 0 Å². The van der Waals surface area contributed by atoms with E-state index in [-0.39, 0.29) is 0 Å². The van der Waals surface area contributed by atoms with Crippen molar-refractivity contribution in [3.8, 4) is 0 Å². The molecule has 1 fully saturated rings. The predicted octanol–water partition coefficient (Wildman–Crippen LogP) is 2.73. The third-order valence-electron chi connectivity index (χ3n) is 3.65. The molecule has 0 bridgehead atoms. The molecule has 1 aliphatic heterocycles. The molecule has 2 heterocycles. The lowest BCUT2D eigenvalue weighted by atomic mass is 9.85. The largest absolute Gasteiger partial charge is 0.388 e. The highest BCUT2D eigenvalue weighted by atomic mass is 32.1. The third kappa shape index (κ3) is 3.19. The number of pyridine rings is 1. The molecule has 0 atom stereocenters. The lowest BCUT2D eigenvalue weighted by Crippen LogP contribution is -2.26. The van der Waals surface area contributed by atoms with Crippen LogP contribution in [-0.2, 0) is 0 Å². The average molecular weight is 263 g/mol. The molecule has 1 aliphatic rings. The van der Waals surface area contributed by atoms with Crippen LogP contribution in [0.2, 0.25) is 0 Å². The highest BCUT2D eigenvalue weighted by Crippen LogP contribution is 2.31. The molecule has 0 spiro atoms. The van der Waals surface area contributed by atoms with E-state index in [1.54, 1.807) is 0 Å². The Morgan fingerprint density at radius 1 is 1.33 bits per heavy atom. The minimum Gasteiger partial charge on any atom is -0.388 e. The van der Waals surface area contributed by atoms with Gasteiger partial charge in [-0.2, -0.15) is 0 Å². The van der Waals surface area contributed by atoms with E-state index in [0.717, 1.165) is 18.9 Å². The van der Waals surface area contributed by atoms with Gasteiger partial charge < -0.3 is 10.6 Å². The molecule has 0 amide bonds. The zero-order valence-corrected chi connectivity index (χ0v) is 12.0. The SMILES string of the molecule is CC1(C)CCCN(c2cccc(C(N)=S)n2)CC1. The van der Waals surface area contributed by atoms with Crippen molar-refractivity contribution in [1.29, 1.82) is 0 Å². The standard InChI is InChI=1S/C14H21N3S/c1-14(2)7-4-9-17(10-8-14)12-6-3-5-11(16-12)13(15)18/h3,5-6H,4,7-10H2,1-2H3,(H2,15,18). The van der Waals surface area contributed by atoms with Gasteiger partial charge in [0.2, 0.25) is 0 Å². The fourth-order valence-corrected chi connectivity index (χ4v) is 2.50. The van der Waals surface area contributed by atoms with Crippen LogP contribution in [0.25, 0.3) is 0 Å². The van der Waals surface area contributed by atoms with Crippen LogP contribution in [0.4, 0.5) is 5.82 Å². The lowest BCUT2D eigenvalue weighted by Gasteiger charge is -2.24. The molecular weight excluding hydrogens is 242 g/mol. The Morgan fingerprint density at radius 3 is 2.83 bits per heavy atom. The van der Waals surface area contributed by atoms with Crippen LogP contribution < -0.4 is 10.6 Å². The molecule has 4 heteroatoms. The van der Waals surface area contributed by atoms with Gasteiger partial charge in [-0.1, -0.05) is 32.1 Å². The molecule has 0 saturated carbocycles. The molecule has 0 unspecified atom stereocenters. The number of nitrogens with two attached hydrogens (primary N) is 1. The summed E-state index contributed by atoms with van der Waals surface area (Å²) >= 11 is 4.98. The number of nitrogens with zero attached hydrogens (tertiary/aromatic N) is 2. The molecule has 1 aromatic heterocycles. The molecule has 98 valence electrons. The summed E-state index contributed by atoms with van der Waals surface area (Å²) in [6, 6.07) is 5.89. The molecule has 3 nitrogen and oxygen atoms in total. The smallest absolute Gasteiger partial charge is 0.129 e. The van der Waals surface area contributed by atoms with Crippen LogP contribution >= 0.6 is 12.2 Å². The van der Waals surface area contributed by atoms with Crippen molar-refractivity contribution in [2.24, 2.45) is 11.1 Å². The third-order valence-corrected chi connectivity index (χ3v) is 3.86. The number of thiocarbonyl (C=S) groups is 1. The summed E-state index contributed by atoms with van der Waals surface area (Å²) in [6.45, 7) is 6.81. The van der Waals surface area contributed by atoms with E-state index in [9.17, 15) is 0 Å². The Hall–Kier alpha value is -1.16. The van der Waals surface area contributed by atoms with Crippen LogP contribution in [0.5, 0.6) is 0 Å². The maximum absolute atomic E-state index is 5.64. The highest BCUT2D eigenvalue weighted by Gasteiger charge is 2.23. The quantitative estimate of drug-likeness (QED) is 0.833. The fraction of sp³-hybridized carbons (Fsp3) is 0.571. The van der Waals surface area contributed by atoms with E-state index in [1.165, 1.54) is 19.3 Å². The summed E-state index contributed by atoms with van der Waals surface area (Å²) in [5.41, 5.74) is 6.79. The number of hydrogen-bond donors (Lipinski definition) is 1. The monoisotopic (exact) mass is 263 g/mol. The lowest BCUT2D eigenvalue weighted by molar-refractivity contribution is 0.325. The average Bonchev–Trinajstić information content (AvgIpc) is 2.50. The molecular formula is C14H21N3S. The second-order valence-corrected chi connectivity index (χ2v) is 6.19. The second-order valence-electron chi connectivity index (χ2n) is 5.75. The van der Waals surface area contributed by atoms with Gasteiger partial charge in [-0.05, 0) is 36.8 Å². The zero-order chi connectivity index (χ0) is 13.2. The first-order valence-electron chi connectivity index (χ1n) is 6.50. The van der Waals surface area contributed by atoms with Gasteiger partial charge in [0, 0.05) is 13.1 Å². The van der Waals surface area contributed by atoms with Gasteiger partial charge in [0.05, 0.1) is 5.69 Å². The summed E-state index contributed by atoms with van der Waals surface area (Å²) in [5, 5.41) is 0. The Morgan fingerprint density at radius 2 is 2.11 bits per heavy atom. The van der Waals surface area contributed by atoms with Gasteiger partial charge >= 0.3 is 0 Å². The summed E-state index contributed by atoms with van der Waals surface area (Å²) < 4.78 is 0. The topological polar surface area (TPSA) is 42.1 Å². The number of anilines is 1. The van der Waals surface area contributed by atoms with Crippen molar-refractivity contribution in [3.63, 3.8) is 0 Å². The van der Waals surface area contributed by atoms with Gasteiger partial charge in [-0.3, -0.25) is 0 Å². The summed E-state index contributed by atoms with van der Waals surface area (Å²) in [4.78, 5) is 7.26. The Balaban J connectivity index is 2.16. The van der Waals surface area contributed by atoms with Gasteiger partial charge in [0.1, 0.15) is 10.8 Å². The van der Waals surface area contributed by atoms with Crippen molar-refractivity contribution in [3.05, 3.63) is 23.9 Å². The first-order valence-corrected chi connectivity index (χ1v) is 6.91. The summed E-state index contributed by atoms with van der Waals surface area (Å²) in [6.07, 6.45) is 3.69. The Bertz CT molecular complexity index is 442. The maximum Gasteiger partial charge on any atom is 0.129 e. The number of hydrogen-bond acceptors (Lipinski definition) is 3. The van der Waals surface area contributed by atoms with Gasteiger partial charge in [0.25, 0.3) is 0 Å². The van der Waals surface area contributed by atoms with E-state index in [4.69, 9.17) is 18.0 Å². The first-order chi connectivity index (χ1) is 8.48. The first kappa shape index (κ1) is 13.3. The minimum absolute atomic E-state index is 0.368. The molecule has 0 radical (unpaired) electrons. The Labute approximate surface area is 114 Å². The van der Waals surface area contributed by atoms with Crippen LogP contribution in [0.1, 0.15) is 38.8 Å². The molecule has 0 aliphatic carbocycles. The van der Waals surface area contributed by atoms with Crippen molar-refractivity contribution < 1.29 is 0 Å². The van der Waals surface area contributed by atoms with Crippen LogP contribution in [0, 0.1) is 5.41 Å².